The van der Waals surface area contributed by atoms with Crippen molar-refractivity contribution in [3.8, 4) is 5.75 Å². The lowest BCUT2D eigenvalue weighted by Crippen LogP contribution is -2.13. The minimum atomic E-state index is -4.41. The molecule has 0 aliphatic rings. The molecule has 1 aromatic carbocycles. The fraction of sp³-hybridized carbons (Fsp3) is 0.300. The molecule has 18 heavy (non-hydrogen) atoms. The van der Waals surface area contributed by atoms with Gasteiger partial charge in [0.2, 0.25) is 0 Å². The molecule has 0 spiro atoms. The Hall–Kier alpha value is -2.12. The zero-order valence-electron chi connectivity index (χ0n) is 8.94. The molecule has 98 valence electrons. The summed E-state index contributed by atoms with van der Waals surface area (Å²) >= 11 is 0. The highest BCUT2D eigenvalue weighted by Crippen LogP contribution is 2.28. The van der Waals surface area contributed by atoms with Crippen LogP contribution in [0.5, 0.6) is 5.75 Å². The topological polar surface area (TPSA) is 69.4 Å². The summed E-state index contributed by atoms with van der Waals surface area (Å²) in [6.07, 6.45) is -5.22. The van der Waals surface area contributed by atoms with Crippen LogP contribution in [0.1, 0.15) is 16.8 Å². The van der Waals surface area contributed by atoms with Gasteiger partial charge in [0.1, 0.15) is 6.29 Å². The molecule has 8 heteroatoms. The van der Waals surface area contributed by atoms with Crippen molar-refractivity contribution >= 4 is 12.0 Å². The third-order valence-corrected chi connectivity index (χ3v) is 1.96. The van der Waals surface area contributed by atoms with E-state index in [0.29, 0.717) is 6.29 Å². The number of nitrogens with zero attached hydrogens (tertiary/aromatic N) is 1. The first-order valence-corrected chi connectivity index (χ1v) is 4.76. The predicted molar refractivity (Wildman–Crippen MR) is 54.7 cm³/mol. The van der Waals surface area contributed by atoms with Gasteiger partial charge in [0.15, 0.2) is 5.75 Å². The lowest BCUT2D eigenvalue weighted by Gasteiger charge is -2.09. The van der Waals surface area contributed by atoms with E-state index in [9.17, 15) is 28.1 Å². The number of halogens is 3. The van der Waals surface area contributed by atoms with E-state index in [1.54, 1.807) is 0 Å². The van der Waals surface area contributed by atoms with Crippen LogP contribution in [0.15, 0.2) is 18.2 Å². The van der Waals surface area contributed by atoms with Gasteiger partial charge in [0, 0.05) is 11.6 Å². The number of benzene rings is 1. The minimum Gasteiger partial charge on any atom is -0.486 e. The second-order valence-corrected chi connectivity index (χ2v) is 3.32. The fourth-order valence-electron chi connectivity index (χ4n) is 1.15. The van der Waals surface area contributed by atoms with Crippen molar-refractivity contribution < 1.29 is 27.6 Å². The molecule has 0 amide bonds. The monoisotopic (exact) mass is 263 g/mol. The maximum Gasteiger partial charge on any atom is 0.392 e. The Morgan fingerprint density at radius 1 is 1.39 bits per heavy atom. The number of nitro benzene ring substituents is 1. The lowest BCUT2D eigenvalue weighted by molar-refractivity contribution is -0.385. The first-order valence-electron chi connectivity index (χ1n) is 4.76. The summed E-state index contributed by atoms with van der Waals surface area (Å²) in [7, 11) is 0. The highest BCUT2D eigenvalue weighted by molar-refractivity contribution is 5.76. The van der Waals surface area contributed by atoms with Crippen molar-refractivity contribution in [2.75, 3.05) is 6.61 Å². The highest BCUT2D eigenvalue weighted by Gasteiger charge is 2.27. The second kappa shape index (κ2) is 5.48. The maximum atomic E-state index is 11.9. The Labute approximate surface area is 99.3 Å². The van der Waals surface area contributed by atoms with E-state index < -0.39 is 29.8 Å². The van der Waals surface area contributed by atoms with Gasteiger partial charge in [-0.3, -0.25) is 14.9 Å². The Morgan fingerprint density at radius 3 is 2.56 bits per heavy atom. The van der Waals surface area contributed by atoms with Crippen LogP contribution < -0.4 is 4.74 Å². The quantitative estimate of drug-likeness (QED) is 0.465. The molecule has 0 N–H and O–H groups in total. The number of carbonyl (C=O) groups is 1. The number of alkyl halides is 3. The van der Waals surface area contributed by atoms with Gasteiger partial charge in [-0.05, 0) is 12.1 Å². The van der Waals surface area contributed by atoms with Gasteiger partial charge in [-0.15, -0.1) is 0 Å². The average molecular weight is 263 g/mol. The number of aldehydes is 1. The zero-order chi connectivity index (χ0) is 13.8. The van der Waals surface area contributed by atoms with Crippen LogP contribution >= 0.6 is 0 Å². The van der Waals surface area contributed by atoms with Crippen LogP contribution in [-0.2, 0) is 0 Å². The molecular weight excluding hydrogens is 255 g/mol. The summed E-state index contributed by atoms with van der Waals surface area (Å²) in [5.41, 5.74) is -0.398. The number of carbonyl (C=O) groups excluding carboxylic acids is 1. The Kier molecular flexibility index (Phi) is 4.24. The smallest absolute Gasteiger partial charge is 0.392 e. The summed E-state index contributed by atoms with van der Waals surface area (Å²) in [4.78, 5) is 20.3. The van der Waals surface area contributed by atoms with Gasteiger partial charge >= 0.3 is 11.9 Å². The Balaban J connectivity index is 2.84. The summed E-state index contributed by atoms with van der Waals surface area (Å²) in [6, 6.07) is 3.22. The van der Waals surface area contributed by atoms with Crippen LogP contribution in [0.4, 0.5) is 18.9 Å². The van der Waals surface area contributed by atoms with Crippen LogP contribution in [0.3, 0.4) is 0 Å². The van der Waals surface area contributed by atoms with Gasteiger partial charge in [0.05, 0.1) is 18.0 Å². The summed E-state index contributed by atoms with van der Waals surface area (Å²) < 4.78 is 40.4. The van der Waals surface area contributed by atoms with E-state index >= 15 is 0 Å². The number of hydrogen-bond donors (Lipinski definition) is 0. The molecule has 0 aliphatic heterocycles. The largest absolute Gasteiger partial charge is 0.486 e. The third kappa shape index (κ3) is 4.04. The van der Waals surface area contributed by atoms with Crippen molar-refractivity contribution in [3.05, 3.63) is 33.9 Å². The van der Waals surface area contributed by atoms with Crippen molar-refractivity contribution in [2.24, 2.45) is 0 Å². The number of rotatable bonds is 5. The van der Waals surface area contributed by atoms with Crippen molar-refractivity contribution in [1.82, 2.24) is 0 Å². The number of hydrogen-bond acceptors (Lipinski definition) is 4. The van der Waals surface area contributed by atoms with E-state index in [1.165, 1.54) is 6.07 Å². The van der Waals surface area contributed by atoms with Crippen molar-refractivity contribution in [2.45, 2.75) is 12.6 Å². The van der Waals surface area contributed by atoms with Gasteiger partial charge < -0.3 is 4.74 Å². The molecule has 0 fully saturated rings. The minimum absolute atomic E-state index is 0.0857. The maximum absolute atomic E-state index is 11.9. The van der Waals surface area contributed by atoms with Crippen LogP contribution in [-0.4, -0.2) is 24.0 Å². The van der Waals surface area contributed by atoms with Crippen molar-refractivity contribution in [1.29, 1.82) is 0 Å². The molecule has 0 atom stereocenters. The molecule has 0 saturated heterocycles. The van der Waals surface area contributed by atoms with Gasteiger partial charge in [0.25, 0.3) is 0 Å². The first-order chi connectivity index (χ1) is 8.33. The number of ether oxygens (including phenoxy) is 1. The third-order valence-electron chi connectivity index (χ3n) is 1.96. The summed E-state index contributed by atoms with van der Waals surface area (Å²) in [5, 5.41) is 10.6. The lowest BCUT2D eigenvalue weighted by atomic mass is 10.2. The van der Waals surface area contributed by atoms with Crippen LogP contribution in [0.25, 0.3) is 0 Å². The normalized spacial score (nSPS) is 11.1. The molecule has 0 bridgehead atoms. The van der Waals surface area contributed by atoms with Gasteiger partial charge in [-0.25, -0.2) is 0 Å². The summed E-state index contributed by atoms with van der Waals surface area (Å²) in [6.45, 7) is -0.743. The molecule has 0 aliphatic carbocycles. The average Bonchev–Trinajstić information content (AvgIpc) is 2.26. The molecule has 0 radical (unpaired) electrons. The zero-order valence-corrected chi connectivity index (χ0v) is 8.94. The van der Waals surface area contributed by atoms with Gasteiger partial charge in [-0.2, -0.15) is 13.2 Å². The number of nitro groups is 1. The van der Waals surface area contributed by atoms with E-state index in [1.807, 2.05) is 0 Å². The SMILES string of the molecule is O=Cc1ccc([N+](=O)[O-])c(OCCC(F)(F)F)c1. The molecule has 0 unspecified atom stereocenters. The van der Waals surface area contributed by atoms with Crippen LogP contribution in [0.2, 0.25) is 0 Å². The van der Waals surface area contributed by atoms with E-state index in [2.05, 4.69) is 0 Å². The predicted octanol–water partition coefficient (Wildman–Crippen LogP) is 2.74. The molecule has 5 nitrogen and oxygen atoms in total. The molecule has 0 aromatic heterocycles. The van der Waals surface area contributed by atoms with Gasteiger partial charge in [-0.1, -0.05) is 0 Å². The standard InChI is InChI=1S/C10H8F3NO4/c11-10(12,13)3-4-18-9-5-7(6-15)1-2-8(9)14(16)17/h1-2,5-6H,3-4H2. The molecule has 0 saturated carbocycles. The van der Waals surface area contributed by atoms with Crippen molar-refractivity contribution in [3.63, 3.8) is 0 Å². The molecular formula is C10H8F3NO4. The molecule has 1 rings (SSSR count). The Morgan fingerprint density at radius 2 is 2.06 bits per heavy atom. The fourth-order valence-corrected chi connectivity index (χ4v) is 1.15. The molecule has 0 heterocycles. The second-order valence-electron chi connectivity index (χ2n) is 3.32. The highest BCUT2D eigenvalue weighted by atomic mass is 19.4. The van der Waals surface area contributed by atoms with E-state index in [0.717, 1.165) is 12.1 Å². The van der Waals surface area contributed by atoms with E-state index in [-0.39, 0.29) is 11.3 Å². The molecule has 1 aromatic rings. The van der Waals surface area contributed by atoms with E-state index in [4.69, 9.17) is 4.74 Å². The first kappa shape index (κ1) is 13.9. The Bertz CT molecular complexity index is 459. The summed E-state index contributed by atoms with van der Waals surface area (Å²) in [5.74, 6) is -0.353. The van der Waals surface area contributed by atoms with Crippen LogP contribution in [0, 0.1) is 10.1 Å².